The molecule has 0 radical (unpaired) electrons. The third-order valence-corrected chi connectivity index (χ3v) is 3.35. The van der Waals surface area contributed by atoms with E-state index in [-0.39, 0.29) is 0 Å². The summed E-state index contributed by atoms with van der Waals surface area (Å²) in [5, 5.41) is 0. The van der Waals surface area contributed by atoms with Gasteiger partial charge < -0.3 is 9.59 Å². The fraction of sp³-hybridized carbons (Fsp3) is 0.667. The number of aromatic nitrogens is 2. The van der Waals surface area contributed by atoms with Gasteiger partial charge in [0.1, 0.15) is 25.0 Å². The first kappa shape index (κ1) is 15.6. The van der Waals surface area contributed by atoms with Crippen molar-refractivity contribution in [3.8, 4) is 0 Å². The molecule has 2 unspecified atom stereocenters. The third kappa shape index (κ3) is 6.32. The fourth-order valence-corrected chi connectivity index (χ4v) is 2.26. The summed E-state index contributed by atoms with van der Waals surface area (Å²) in [6.07, 6.45) is 11.4. The van der Waals surface area contributed by atoms with Crippen molar-refractivity contribution in [1.82, 2.24) is 4.57 Å². The van der Waals surface area contributed by atoms with Gasteiger partial charge in [0.15, 0.2) is 0 Å². The molecule has 0 aromatic carbocycles. The molecular formula is C15H25N2O2+. The van der Waals surface area contributed by atoms with Gasteiger partial charge in [0.2, 0.25) is 6.33 Å². The Bertz CT molecular complexity index is 353. The summed E-state index contributed by atoms with van der Waals surface area (Å²) >= 11 is 0. The van der Waals surface area contributed by atoms with E-state index in [9.17, 15) is 9.59 Å². The second-order valence-corrected chi connectivity index (χ2v) is 5.51. The normalized spacial score (nSPS) is 14.0. The van der Waals surface area contributed by atoms with Crippen LogP contribution < -0.4 is 4.57 Å². The quantitative estimate of drug-likeness (QED) is 0.480. The Labute approximate surface area is 115 Å². The van der Waals surface area contributed by atoms with Gasteiger partial charge >= 0.3 is 0 Å². The van der Waals surface area contributed by atoms with Gasteiger partial charge in [-0.15, -0.1) is 0 Å². The molecule has 0 N–H and O–H groups in total. The molecule has 4 heteroatoms. The van der Waals surface area contributed by atoms with Gasteiger partial charge in [-0.1, -0.05) is 13.8 Å². The van der Waals surface area contributed by atoms with Crippen LogP contribution in [0.2, 0.25) is 0 Å². The van der Waals surface area contributed by atoms with Crippen LogP contribution in [0.15, 0.2) is 18.7 Å². The van der Waals surface area contributed by atoms with Gasteiger partial charge in [-0.2, -0.15) is 0 Å². The van der Waals surface area contributed by atoms with E-state index < -0.39 is 0 Å². The summed E-state index contributed by atoms with van der Waals surface area (Å²) < 4.78 is 4.34. The van der Waals surface area contributed by atoms with Gasteiger partial charge in [0, 0.05) is 12.8 Å². The number of imidazole rings is 1. The zero-order valence-corrected chi connectivity index (χ0v) is 12.0. The predicted molar refractivity (Wildman–Crippen MR) is 73.6 cm³/mol. The van der Waals surface area contributed by atoms with Gasteiger partial charge in [-0.3, -0.25) is 0 Å². The highest BCUT2D eigenvalue weighted by Gasteiger charge is 2.11. The number of carbonyl (C=O) groups excluding carboxylic acids is 2. The van der Waals surface area contributed by atoms with Crippen molar-refractivity contribution in [3.63, 3.8) is 0 Å². The molecule has 1 heterocycles. The minimum atomic E-state index is 0.513. The zero-order valence-electron chi connectivity index (χ0n) is 12.0. The van der Waals surface area contributed by atoms with Crippen LogP contribution in [0.5, 0.6) is 0 Å². The van der Waals surface area contributed by atoms with Gasteiger partial charge in [-0.05, 0) is 24.7 Å². The van der Waals surface area contributed by atoms with Crippen LogP contribution in [0.4, 0.5) is 0 Å². The molecule has 0 spiro atoms. The van der Waals surface area contributed by atoms with E-state index >= 15 is 0 Å². The molecule has 19 heavy (non-hydrogen) atoms. The number of hydrogen-bond acceptors (Lipinski definition) is 2. The second kappa shape index (κ2) is 8.62. The number of rotatable bonds is 10. The molecule has 1 aromatic heterocycles. The monoisotopic (exact) mass is 265 g/mol. The van der Waals surface area contributed by atoms with Crippen LogP contribution in [0.25, 0.3) is 0 Å². The van der Waals surface area contributed by atoms with Crippen LogP contribution in [0.3, 0.4) is 0 Å². The molecule has 0 aliphatic rings. The minimum absolute atomic E-state index is 0.513. The Hall–Kier alpha value is -1.45. The molecule has 0 saturated carbocycles. The average Bonchev–Trinajstić information content (AvgIpc) is 2.81. The maximum atomic E-state index is 10.3. The van der Waals surface area contributed by atoms with Crippen LogP contribution in [0.1, 0.15) is 39.5 Å². The first-order valence-electron chi connectivity index (χ1n) is 7.07. The molecule has 2 atom stereocenters. The van der Waals surface area contributed by atoms with E-state index in [2.05, 4.69) is 41.7 Å². The van der Waals surface area contributed by atoms with Crippen molar-refractivity contribution in [2.75, 3.05) is 0 Å². The Morgan fingerprint density at radius 2 is 1.74 bits per heavy atom. The number of nitrogens with zero attached hydrogens (tertiary/aromatic N) is 2. The van der Waals surface area contributed by atoms with Gasteiger partial charge in [-0.25, -0.2) is 9.13 Å². The largest absolute Gasteiger partial charge is 0.303 e. The lowest BCUT2D eigenvalue weighted by atomic mass is 10.1. The third-order valence-electron chi connectivity index (χ3n) is 3.35. The highest BCUT2D eigenvalue weighted by Crippen LogP contribution is 2.08. The summed E-state index contributed by atoms with van der Waals surface area (Å²) in [5.41, 5.74) is 0. The number of hydrogen-bond donors (Lipinski definition) is 0. The Kier molecular flexibility index (Phi) is 7.08. The summed E-state index contributed by atoms with van der Waals surface area (Å²) in [6, 6.07) is 0. The summed E-state index contributed by atoms with van der Waals surface area (Å²) in [4.78, 5) is 20.7. The molecule has 106 valence electrons. The SMILES string of the molecule is CC(CCC=O)Cn1cc[n+](CC(C)CCC=O)c1. The standard InChI is InChI=1S/C15H25N2O2/c1-14(5-3-9-18)11-16-7-8-17(13-16)12-15(2)6-4-10-19/h7-10,13-15H,3-6,11-12H2,1-2H3/q+1. The molecular weight excluding hydrogens is 240 g/mol. The van der Waals surface area contributed by atoms with Crippen LogP contribution in [-0.2, 0) is 22.7 Å². The van der Waals surface area contributed by atoms with Crippen molar-refractivity contribution >= 4 is 12.6 Å². The van der Waals surface area contributed by atoms with E-state index in [0.717, 1.165) is 38.5 Å². The van der Waals surface area contributed by atoms with Crippen molar-refractivity contribution < 1.29 is 14.2 Å². The molecule has 0 fully saturated rings. The van der Waals surface area contributed by atoms with E-state index in [1.807, 2.05) is 0 Å². The van der Waals surface area contributed by atoms with E-state index in [4.69, 9.17) is 0 Å². The first-order valence-corrected chi connectivity index (χ1v) is 7.07. The smallest absolute Gasteiger partial charge is 0.243 e. The average molecular weight is 265 g/mol. The minimum Gasteiger partial charge on any atom is -0.303 e. The molecule has 0 amide bonds. The molecule has 4 nitrogen and oxygen atoms in total. The van der Waals surface area contributed by atoms with Crippen molar-refractivity contribution in [1.29, 1.82) is 0 Å². The Morgan fingerprint density at radius 3 is 2.37 bits per heavy atom. The van der Waals surface area contributed by atoms with E-state index in [1.165, 1.54) is 0 Å². The molecule has 0 aliphatic carbocycles. The molecule has 0 aliphatic heterocycles. The highest BCUT2D eigenvalue weighted by atomic mass is 16.1. The van der Waals surface area contributed by atoms with Crippen molar-refractivity contribution in [3.05, 3.63) is 18.7 Å². The topological polar surface area (TPSA) is 43.0 Å². The Morgan fingerprint density at radius 1 is 1.11 bits per heavy atom. The highest BCUT2D eigenvalue weighted by molar-refractivity contribution is 5.49. The van der Waals surface area contributed by atoms with Crippen molar-refractivity contribution in [2.24, 2.45) is 11.8 Å². The fourth-order valence-electron chi connectivity index (χ4n) is 2.26. The molecule has 0 bridgehead atoms. The van der Waals surface area contributed by atoms with Crippen molar-refractivity contribution in [2.45, 2.75) is 52.6 Å². The van der Waals surface area contributed by atoms with E-state index in [0.29, 0.717) is 24.7 Å². The first-order chi connectivity index (χ1) is 9.15. The maximum absolute atomic E-state index is 10.3. The molecule has 0 saturated heterocycles. The summed E-state index contributed by atoms with van der Waals surface area (Å²) in [6.45, 7) is 6.23. The number of carbonyl (C=O) groups is 2. The molecule has 1 rings (SSSR count). The zero-order chi connectivity index (χ0) is 14.1. The second-order valence-electron chi connectivity index (χ2n) is 5.51. The van der Waals surface area contributed by atoms with Gasteiger partial charge in [0.25, 0.3) is 0 Å². The molecule has 1 aromatic rings. The lowest BCUT2D eigenvalue weighted by Gasteiger charge is -2.07. The number of aldehydes is 2. The maximum Gasteiger partial charge on any atom is 0.243 e. The van der Waals surface area contributed by atoms with Gasteiger partial charge in [0.05, 0.1) is 13.1 Å². The van der Waals surface area contributed by atoms with Crippen LogP contribution in [0, 0.1) is 11.8 Å². The summed E-state index contributed by atoms with van der Waals surface area (Å²) in [7, 11) is 0. The Balaban J connectivity index is 2.38. The van der Waals surface area contributed by atoms with E-state index in [1.54, 1.807) is 0 Å². The van der Waals surface area contributed by atoms with Crippen LogP contribution >= 0.6 is 0 Å². The lowest BCUT2D eigenvalue weighted by molar-refractivity contribution is -0.702. The van der Waals surface area contributed by atoms with Crippen LogP contribution in [-0.4, -0.2) is 17.1 Å². The predicted octanol–water partition coefficient (Wildman–Crippen LogP) is 2.01. The summed E-state index contributed by atoms with van der Waals surface area (Å²) in [5.74, 6) is 1.03. The lowest BCUT2D eigenvalue weighted by Crippen LogP contribution is -2.34.